The number of aromatic amines is 1. The molecule has 4 aromatic rings. The summed E-state index contributed by atoms with van der Waals surface area (Å²) in [4.78, 5) is 26.7. The lowest BCUT2D eigenvalue weighted by atomic mass is 10.3. The number of nitrogens with one attached hydrogen (secondary N) is 3. The number of H-pyrrole nitrogens is 1. The molecule has 0 fully saturated rings. The number of thiazole rings is 2. The van der Waals surface area contributed by atoms with Gasteiger partial charge < -0.3 is 15.6 Å². The summed E-state index contributed by atoms with van der Waals surface area (Å²) in [5.41, 5.74) is 4.75. The average Bonchev–Trinajstić information content (AvgIpc) is 3.45. The molecular formula is C16H15ClN8O2S2. The lowest BCUT2D eigenvalue weighted by Crippen LogP contribution is -2.34. The number of hydrogen-bond donors (Lipinski definition) is 3. The monoisotopic (exact) mass is 450 g/mol. The van der Waals surface area contributed by atoms with E-state index in [4.69, 9.17) is 11.6 Å². The van der Waals surface area contributed by atoms with E-state index in [9.17, 15) is 10.1 Å². The van der Waals surface area contributed by atoms with Crippen LogP contribution in [0.25, 0.3) is 22.6 Å². The van der Waals surface area contributed by atoms with Crippen molar-refractivity contribution in [2.75, 3.05) is 7.05 Å². The Kier molecular flexibility index (Phi) is 7.05. The molecule has 3 N–H and O–H groups in total. The number of benzene rings is 1. The maximum atomic E-state index is 10.1. The Morgan fingerprint density at radius 3 is 2.83 bits per heavy atom. The Bertz CT molecular complexity index is 1080. The van der Waals surface area contributed by atoms with Gasteiger partial charge in [0.25, 0.3) is 5.96 Å². The molecule has 150 valence electrons. The molecule has 10 nitrogen and oxygen atoms in total. The Morgan fingerprint density at radius 1 is 1.38 bits per heavy atom. The maximum Gasteiger partial charge on any atom is 0.268 e. The first-order valence-corrected chi connectivity index (χ1v) is 10.3. The number of hydrogen-bond acceptors (Lipinski definition) is 7. The van der Waals surface area contributed by atoms with E-state index < -0.39 is 5.03 Å². The van der Waals surface area contributed by atoms with Gasteiger partial charge in [0.2, 0.25) is 0 Å². The van der Waals surface area contributed by atoms with Crippen LogP contribution < -0.4 is 10.6 Å². The summed E-state index contributed by atoms with van der Waals surface area (Å²) in [7, 11) is 1.54. The lowest BCUT2D eigenvalue weighted by Gasteiger charge is -2.02. The number of fused-ring (bicyclic) bond motifs is 1. The van der Waals surface area contributed by atoms with Crippen LogP contribution in [0.3, 0.4) is 0 Å². The van der Waals surface area contributed by atoms with Gasteiger partial charge in [0.05, 0.1) is 23.1 Å². The van der Waals surface area contributed by atoms with Crippen molar-refractivity contribution in [3.8, 4) is 11.5 Å². The molecule has 3 aromatic heterocycles. The molecule has 29 heavy (non-hydrogen) atoms. The molecule has 3 heterocycles. The maximum absolute atomic E-state index is 10.1. The first-order chi connectivity index (χ1) is 14.0. The van der Waals surface area contributed by atoms with Crippen molar-refractivity contribution in [1.29, 1.82) is 0 Å². The normalized spacial score (nSPS) is 11.0. The van der Waals surface area contributed by atoms with E-state index in [0.29, 0.717) is 11.0 Å². The zero-order valence-electron chi connectivity index (χ0n) is 15.0. The minimum atomic E-state index is -0.779. The van der Waals surface area contributed by atoms with Gasteiger partial charge >= 0.3 is 0 Å². The minimum absolute atomic E-state index is 0.0875. The summed E-state index contributed by atoms with van der Waals surface area (Å²) >= 11 is 8.49. The number of aromatic nitrogens is 4. The van der Waals surface area contributed by atoms with Crippen molar-refractivity contribution in [2.45, 2.75) is 6.54 Å². The second kappa shape index (κ2) is 9.91. The summed E-state index contributed by atoms with van der Waals surface area (Å²) < 4.78 is 0.434. The fourth-order valence-electron chi connectivity index (χ4n) is 2.20. The fraction of sp³-hybridized carbons (Fsp3) is 0.125. The van der Waals surface area contributed by atoms with Gasteiger partial charge in [0.15, 0.2) is 15.3 Å². The zero-order valence-corrected chi connectivity index (χ0v) is 17.4. The summed E-state index contributed by atoms with van der Waals surface area (Å²) in [6.07, 6.45) is 1.60. The molecule has 4 rings (SSSR count). The van der Waals surface area contributed by atoms with Crippen LogP contribution in [0.1, 0.15) is 4.88 Å². The minimum Gasteiger partial charge on any atom is -0.354 e. The number of guanidine groups is 1. The lowest BCUT2D eigenvalue weighted by molar-refractivity contribution is -0.485. The summed E-state index contributed by atoms with van der Waals surface area (Å²) in [5, 5.41) is 19.7. The highest BCUT2D eigenvalue weighted by atomic mass is 35.5. The Morgan fingerprint density at radius 2 is 2.21 bits per heavy atom. The highest BCUT2D eigenvalue weighted by Gasteiger charge is 2.05. The van der Waals surface area contributed by atoms with Gasteiger partial charge in [-0.05, 0) is 12.1 Å². The Hall–Kier alpha value is -3.09. The zero-order chi connectivity index (χ0) is 20.6. The van der Waals surface area contributed by atoms with Crippen LogP contribution in [0.5, 0.6) is 0 Å². The van der Waals surface area contributed by atoms with E-state index >= 15 is 0 Å². The number of para-hydroxylation sites is 2. The largest absolute Gasteiger partial charge is 0.354 e. The number of nitro groups is 1. The molecule has 0 aliphatic carbocycles. The van der Waals surface area contributed by atoms with Gasteiger partial charge in [-0.25, -0.2) is 25.1 Å². The fourth-order valence-corrected chi connectivity index (χ4v) is 3.65. The molecular weight excluding hydrogens is 436 g/mol. The van der Waals surface area contributed by atoms with Crippen LogP contribution in [0.2, 0.25) is 4.47 Å². The average molecular weight is 451 g/mol. The second-order valence-electron chi connectivity index (χ2n) is 5.35. The second-order valence-corrected chi connectivity index (χ2v) is 7.76. The quantitative estimate of drug-likeness (QED) is 0.188. The number of halogens is 1. The number of hydrazone groups is 1. The van der Waals surface area contributed by atoms with Gasteiger partial charge in [-0.1, -0.05) is 23.7 Å². The third-order valence-electron chi connectivity index (χ3n) is 3.44. The molecule has 13 heteroatoms. The van der Waals surface area contributed by atoms with E-state index in [1.54, 1.807) is 17.5 Å². The molecule has 0 saturated carbocycles. The molecule has 0 bridgehead atoms. The van der Waals surface area contributed by atoms with E-state index in [2.05, 4.69) is 35.7 Å². The first-order valence-electron chi connectivity index (χ1n) is 8.13. The standard InChI is InChI=1S/C10H7N3S.C6H8ClN5O2S/c1-2-4-8-7(3-1)12-10(13-8)9-5-14-6-11-9;1-8-6(11-12(13)14)10-3-4-2-9-5(7)15-4/h1-6H,(H,12,13);2H,3H2,1H3,(H2,8,10,11). The van der Waals surface area contributed by atoms with Gasteiger partial charge in [-0.3, -0.25) is 0 Å². The van der Waals surface area contributed by atoms with Crippen molar-refractivity contribution in [3.63, 3.8) is 0 Å². The van der Waals surface area contributed by atoms with Gasteiger partial charge in [0, 0.05) is 23.5 Å². The summed E-state index contributed by atoms with van der Waals surface area (Å²) in [6, 6.07) is 7.97. The molecule has 0 atom stereocenters. The molecule has 0 radical (unpaired) electrons. The van der Waals surface area contributed by atoms with Crippen molar-refractivity contribution in [3.05, 3.63) is 60.8 Å². The number of nitrogens with zero attached hydrogens (tertiary/aromatic N) is 5. The van der Waals surface area contributed by atoms with Gasteiger partial charge in [-0.15, -0.1) is 22.7 Å². The van der Waals surface area contributed by atoms with E-state index in [0.717, 1.165) is 27.4 Å². The van der Waals surface area contributed by atoms with Crippen LogP contribution in [0, 0.1) is 10.1 Å². The number of rotatable bonds is 4. The molecule has 0 aliphatic rings. The molecule has 0 aliphatic heterocycles. The van der Waals surface area contributed by atoms with E-state index in [-0.39, 0.29) is 5.96 Å². The highest BCUT2D eigenvalue weighted by Crippen LogP contribution is 2.19. The molecule has 0 spiro atoms. The predicted octanol–water partition coefficient (Wildman–Crippen LogP) is 3.34. The van der Waals surface area contributed by atoms with Crippen LogP contribution >= 0.6 is 34.3 Å². The van der Waals surface area contributed by atoms with Gasteiger partial charge in [0.1, 0.15) is 10.8 Å². The predicted molar refractivity (Wildman–Crippen MR) is 115 cm³/mol. The van der Waals surface area contributed by atoms with Crippen LogP contribution in [0.15, 0.2) is 46.5 Å². The molecule has 0 saturated heterocycles. The topological polar surface area (TPSA) is 134 Å². The third kappa shape index (κ3) is 5.94. The van der Waals surface area contributed by atoms with Crippen LogP contribution in [-0.4, -0.2) is 38.0 Å². The van der Waals surface area contributed by atoms with Crippen molar-refractivity contribution >= 4 is 51.3 Å². The first kappa shape index (κ1) is 20.6. The van der Waals surface area contributed by atoms with Crippen LogP contribution in [-0.2, 0) is 6.54 Å². The summed E-state index contributed by atoms with van der Waals surface area (Å²) in [5.74, 6) is 0.928. The van der Waals surface area contributed by atoms with Crippen molar-refractivity contribution in [1.82, 2.24) is 30.6 Å². The summed E-state index contributed by atoms with van der Waals surface area (Å²) in [6.45, 7) is 0.387. The SMILES string of the molecule is CN/C(=N\[N+](=O)[O-])NCc1cnc(Cl)s1.c1ccc2[nH]c(-c3cscn3)nc2c1. The van der Waals surface area contributed by atoms with Crippen molar-refractivity contribution in [2.24, 2.45) is 5.10 Å². The highest BCUT2D eigenvalue weighted by molar-refractivity contribution is 7.15. The Labute approximate surface area is 177 Å². The molecule has 1 aromatic carbocycles. The molecule has 0 unspecified atom stereocenters. The van der Waals surface area contributed by atoms with E-state index in [1.807, 2.05) is 35.2 Å². The van der Waals surface area contributed by atoms with Crippen LogP contribution in [0.4, 0.5) is 0 Å². The van der Waals surface area contributed by atoms with E-state index in [1.165, 1.54) is 18.4 Å². The molecule has 0 amide bonds. The third-order valence-corrected chi connectivity index (χ3v) is 5.14. The Balaban J connectivity index is 0.000000166. The van der Waals surface area contributed by atoms with Crippen molar-refractivity contribution < 1.29 is 5.03 Å². The van der Waals surface area contributed by atoms with Gasteiger partial charge in [-0.2, -0.15) is 0 Å². The smallest absolute Gasteiger partial charge is 0.268 e. The number of imidazole rings is 1.